The van der Waals surface area contributed by atoms with Crippen molar-refractivity contribution in [2.75, 3.05) is 6.54 Å². The Labute approximate surface area is 132 Å². The molecule has 0 aliphatic heterocycles. The summed E-state index contributed by atoms with van der Waals surface area (Å²) >= 11 is 0. The lowest BCUT2D eigenvalue weighted by atomic mass is 9.99. The second-order valence-corrected chi connectivity index (χ2v) is 5.86. The lowest BCUT2D eigenvalue weighted by Crippen LogP contribution is -2.29. The van der Waals surface area contributed by atoms with Crippen LogP contribution in [0.3, 0.4) is 0 Å². The minimum atomic E-state index is -0.698. The standard InChI is InChI=1S/C19H23NO2/c1-12-9-14(3)18(15(4)10-12)19(22)20-11-17(21)16-8-6-5-7-13(16)2/h5-10,17,21H,11H2,1-4H3,(H,20,22). The Balaban J connectivity index is 2.09. The predicted molar refractivity (Wildman–Crippen MR) is 89.1 cm³/mol. The molecule has 0 heterocycles. The van der Waals surface area contributed by atoms with Gasteiger partial charge in [0.05, 0.1) is 6.10 Å². The van der Waals surface area contributed by atoms with Gasteiger partial charge in [-0.15, -0.1) is 0 Å². The lowest BCUT2D eigenvalue weighted by molar-refractivity contribution is 0.0914. The number of rotatable bonds is 4. The Hall–Kier alpha value is -2.13. The Morgan fingerprint density at radius 1 is 1.05 bits per heavy atom. The molecule has 3 heteroatoms. The highest BCUT2D eigenvalue weighted by molar-refractivity contribution is 5.97. The van der Waals surface area contributed by atoms with Crippen molar-refractivity contribution in [2.45, 2.75) is 33.8 Å². The molecule has 3 nitrogen and oxygen atoms in total. The zero-order valence-electron chi connectivity index (χ0n) is 13.6. The van der Waals surface area contributed by atoms with E-state index in [9.17, 15) is 9.90 Å². The van der Waals surface area contributed by atoms with Gasteiger partial charge < -0.3 is 10.4 Å². The summed E-state index contributed by atoms with van der Waals surface area (Å²) in [6.45, 7) is 8.05. The largest absolute Gasteiger partial charge is 0.387 e. The van der Waals surface area contributed by atoms with Crippen molar-refractivity contribution >= 4 is 5.91 Å². The van der Waals surface area contributed by atoms with Gasteiger partial charge >= 0.3 is 0 Å². The molecule has 1 atom stereocenters. The van der Waals surface area contributed by atoms with Gasteiger partial charge in [-0.05, 0) is 49.9 Å². The highest BCUT2D eigenvalue weighted by Crippen LogP contribution is 2.18. The molecular weight excluding hydrogens is 274 g/mol. The number of amides is 1. The molecule has 0 aromatic heterocycles. The summed E-state index contributed by atoms with van der Waals surface area (Å²) in [5.41, 5.74) is 5.63. The molecule has 0 fully saturated rings. The Morgan fingerprint density at radius 2 is 1.64 bits per heavy atom. The minimum absolute atomic E-state index is 0.136. The number of benzene rings is 2. The molecule has 2 rings (SSSR count). The summed E-state index contributed by atoms with van der Waals surface area (Å²) in [6.07, 6.45) is -0.698. The number of aryl methyl sites for hydroxylation is 4. The first-order chi connectivity index (χ1) is 10.4. The van der Waals surface area contributed by atoms with E-state index in [1.165, 1.54) is 0 Å². The van der Waals surface area contributed by atoms with Crippen molar-refractivity contribution in [2.24, 2.45) is 0 Å². The fourth-order valence-electron chi connectivity index (χ4n) is 2.89. The summed E-state index contributed by atoms with van der Waals surface area (Å²) < 4.78 is 0. The topological polar surface area (TPSA) is 49.3 Å². The molecule has 0 saturated carbocycles. The van der Waals surface area contributed by atoms with Crippen LogP contribution in [0.25, 0.3) is 0 Å². The van der Waals surface area contributed by atoms with Crippen LogP contribution in [0.15, 0.2) is 36.4 Å². The van der Waals surface area contributed by atoms with Crippen LogP contribution in [0.5, 0.6) is 0 Å². The molecule has 22 heavy (non-hydrogen) atoms. The highest BCUT2D eigenvalue weighted by Gasteiger charge is 2.15. The van der Waals surface area contributed by atoms with Gasteiger partial charge in [0, 0.05) is 12.1 Å². The molecule has 0 aliphatic rings. The van der Waals surface area contributed by atoms with Crippen molar-refractivity contribution < 1.29 is 9.90 Å². The van der Waals surface area contributed by atoms with Gasteiger partial charge in [-0.3, -0.25) is 4.79 Å². The van der Waals surface area contributed by atoms with Crippen molar-refractivity contribution in [3.8, 4) is 0 Å². The summed E-state index contributed by atoms with van der Waals surface area (Å²) in [4.78, 5) is 12.4. The summed E-state index contributed by atoms with van der Waals surface area (Å²) in [5.74, 6) is -0.136. The van der Waals surface area contributed by atoms with Crippen LogP contribution in [0, 0.1) is 27.7 Å². The summed E-state index contributed by atoms with van der Waals surface area (Å²) in [7, 11) is 0. The van der Waals surface area contributed by atoms with Gasteiger partial charge in [0.2, 0.25) is 0 Å². The molecule has 2 aromatic rings. The van der Waals surface area contributed by atoms with E-state index in [4.69, 9.17) is 0 Å². The van der Waals surface area contributed by atoms with Crippen LogP contribution in [-0.4, -0.2) is 17.6 Å². The highest BCUT2D eigenvalue weighted by atomic mass is 16.3. The fourth-order valence-corrected chi connectivity index (χ4v) is 2.89. The Kier molecular flexibility index (Phi) is 4.99. The normalized spacial score (nSPS) is 12.0. The second-order valence-electron chi connectivity index (χ2n) is 5.86. The molecular formula is C19H23NO2. The number of carbonyl (C=O) groups excluding carboxylic acids is 1. The number of hydrogen-bond acceptors (Lipinski definition) is 2. The van der Waals surface area contributed by atoms with Crippen molar-refractivity contribution in [1.29, 1.82) is 0 Å². The van der Waals surface area contributed by atoms with Crippen LogP contribution in [0.4, 0.5) is 0 Å². The first-order valence-electron chi connectivity index (χ1n) is 7.49. The molecule has 2 aromatic carbocycles. The Bertz CT molecular complexity index is 669. The lowest BCUT2D eigenvalue weighted by Gasteiger charge is -2.16. The van der Waals surface area contributed by atoms with Gasteiger partial charge in [-0.25, -0.2) is 0 Å². The molecule has 1 amide bonds. The first kappa shape index (κ1) is 16.2. The Morgan fingerprint density at radius 3 is 2.23 bits per heavy atom. The van der Waals surface area contributed by atoms with E-state index in [0.29, 0.717) is 5.56 Å². The summed E-state index contributed by atoms with van der Waals surface area (Å²) in [5, 5.41) is 13.1. The van der Waals surface area contributed by atoms with Crippen LogP contribution in [0.2, 0.25) is 0 Å². The molecule has 2 N–H and O–H groups in total. The molecule has 0 bridgehead atoms. The van der Waals surface area contributed by atoms with E-state index in [0.717, 1.165) is 27.8 Å². The third kappa shape index (κ3) is 3.55. The van der Waals surface area contributed by atoms with E-state index in [1.807, 2.05) is 64.1 Å². The number of aliphatic hydroxyl groups excluding tert-OH is 1. The maximum Gasteiger partial charge on any atom is 0.251 e. The second kappa shape index (κ2) is 6.75. The molecule has 0 spiro atoms. The maximum atomic E-state index is 12.4. The van der Waals surface area contributed by atoms with Crippen LogP contribution < -0.4 is 5.32 Å². The molecule has 116 valence electrons. The molecule has 0 aliphatic carbocycles. The quantitative estimate of drug-likeness (QED) is 0.909. The number of aliphatic hydroxyl groups is 1. The smallest absolute Gasteiger partial charge is 0.251 e. The molecule has 0 radical (unpaired) electrons. The maximum absolute atomic E-state index is 12.4. The van der Waals surface area contributed by atoms with Crippen molar-refractivity contribution in [3.05, 3.63) is 69.8 Å². The van der Waals surface area contributed by atoms with Crippen LogP contribution in [0.1, 0.15) is 44.3 Å². The van der Waals surface area contributed by atoms with E-state index in [1.54, 1.807) is 0 Å². The fraction of sp³-hybridized carbons (Fsp3) is 0.316. The van der Waals surface area contributed by atoms with E-state index < -0.39 is 6.10 Å². The monoisotopic (exact) mass is 297 g/mol. The van der Waals surface area contributed by atoms with E-state index >= 15 is 0 Å². The number of nitrogens with one attached hydrogen (secondary N) is 1. The van der Waals surface area contributed by atoms with Gasteiger partial charge in [0.25, 0.3) is 5.91 Å². The number of hydrogen-bond donors (Lipinski definition) is 2. The van der Waals surface area contributed by atoms with Gasteiger partial charge in [0.15, 0.2) is 0 Å². The molecule has 1 unspecified atom stereocenters. The first-order valence-corrected chi connectivity index (χ1v) is 7.49. The minimum Gasteiger partial charge on any atom is -0.387 e. The van der Waals surface area contributed by atoms with Crippen LogP contribution in [-0.2, 0) is 0 Å². The average Bonchev–Trinajstić information content (AvgIpc) is 2.44. The molecule has 0 saturated heterocycles. The predicted octanol–water partition coefficient (Wildman–Crippen LogP) is 3.38. The van der Waals surface area contributed by atoms with E-state index in [2.05, 4.69) is 5.32 Å². The average molecular weight is 297 g/mol. The van der Waals surface area contributed by atoms with Gasteiger partial charge in [-0.2, -0.15) is 0 Å². The van der Waals surface area contributed by atoms with Crippen molar-refractivity contribution in [3.63, 3.8) is 0 Å². The van der Waals surface area contributed by atoms with Crippen molar-refractivity contribution in [1.82, 2.24) is 5.32 Å². The van der Waals surface area contributed by atoms with Crippen LogP contribution >= 0.6 is 0 Å². The zero-order valence-corrected chi connectivity index (χ0v) is 13.6. The van der Waals surface area contributed by atoms with Gasteiger partial charge in [-0.1, -0.05) is 42.0 Å². The SMILES string of the molecule is Cc1cc(C)c(C(=O)NCC(O)c2ccccc2C)c(C)c1. The number of carbonyl (C=O) groups is 1. The summed E-state index contributed by atoms with van der Waals surface area (Å²) in [6, 6.07) is 11.7. The third-order valence-corrected chi connectivity index (χ3v) is 3.91. The zero-order chi connectivity index (χ0) is 16.3. The third-order valence-electron chi connectivity index (χ3n) is 3.91. The van der Waals surface area contributed by atoms with Gasteiger partial charge in [0.1, 0.15) is 0 Å². The van der Waals surface area contributed by atoms with E-state index in [-0.39, 0.29) is 12.5 Å².